The number of aliphatic hydroxyl groups excluding tert-OH is 1. The predicted molar refractivity (Wildman–Crippen MR) is 60.6 cm³/mol. The molecule has 4 atom stereocenters. The minimum atomic E-state index is -1.18. The Kier molecular flexibility index (Phi) is 5.56. The topological polar surface area (TPSA) is 131 Å². The molecule has 1 saturated heterocycles. The number of rotatable bonds is 4. The quantitative estimate of drug-likeness (QED) is 0.338. The summed E-state index contributed by atoms with van der Waals surface area (Å²) < 4.78 is 14.9. The van der Waals surface area contributed by atoms with Crippen LogP contribution in [0.15, 0.2) is 5.11 Å². The van der Waals surface area contributed by atoms with Crippen LogP contribution in [-0.2, 0) is 23.8 Å². The first-order chi connectivity index (χ1) is 8.93. The van der Waals surface area contributed by atoms with Gasteiger partial charge in [0.2, 0.25) is 0 Å². The minimum Gasteiger partial charge on any atom is -0.463 e. The van der Waals surface area contributed by atoms with E-state index in [0.717, 1.165) is 0 Å². The minimum absolute atomic E-state index is 0.00141. The van der Waals surface area contributed by atoms with Crippen molar-refractivity contribution in [3.63, 3.8) is 0 Å². The molecule has 0 aromatic heterocycles. The second kappa shape index (κ2) is 6.93. The average molecular weight is 273 g/mol. The first-order valence-corrected chi connectivity index (χ1v) is 5.62. The van der Waals surface area contributed by atoms with Crippen molar-refractivity contribution in [2.75, 3.05) is 6.61 Å². The molecular weight excluding hydrogens is 258 g/mol. The van der Waals surface area contributed by atoms with E-state index in [-0.39, 0.29) is 13.0 Å². The predicted octanol–water partition coefficient (Wildman–Crippen LogP) is 0.267. The van der Waals surface area contributed by atoms with E-state index in [4.69, 9.17) is 19.7 Å². The van der Waals surface area contributed by atoms with E-state index in [1.54, 1.807) is 0 Å². The summed E-state index contributed by atoms with van der Waals surface area (Å²) in [5.41, 5.74) is 8.47. The largest absolute Gasteiger partial charge is 0.463 e. The third-order valence-electron chi connectivity index (χ3n) is 2.47. The summed E-state index contributed by atoms with van der Waals surface area (Å²) in [6.07, 6.45) is -2.97. The van der Waals surface area contributed by atoms with Crippen molar-refractivity contribution in [3.05, 3.63) is 10.4 Å². The van der Waals surface area contributed by atoms with Gasteiger partial charge in [-0.2, -0.15) is 0 Å². The zero-order valence-corrected chi connectivity index (χ0v) is 10.6. The summed E-state index contributed by atoms with van der Waals surface area (Å²) in [6, 6.07) is -0.779. The summed E-state index contributed by atoms with van der Waals surface area (Å²) in [4.78, 5) is 24.5. The van der Waals surface area contributed by atoms with Gasteiger partial charge in [0.1, 0.15) is 18.8 Å². The smallest absolute Gasteiger partial charge is 0.303 e. The zero-order chi connectivity index (χ0) is 14.4. The van der Waals surface area contributed by atoms with Gasteiger partial charge >= 0.3 is 11.9 Å². The van der Waals surface area contributed by atoms with Crippen LogP contribution in [0, 0.1) is 0 Å². The van der Waals surface area contributed by atoms with E-state index in [1.165, 1.54) is 13.8 Å². The zero-order valence-electron chi connectivity index (χ0n) is 10.6. The molecule has 106 valence electrons. The van der Waals surface area contributed by atoms with Crippen LogP contribution < -0.4 is 0 Å². The number of ether oxygens (including phenoxy) is 3. The first-order valence-electron chi connectivity index (χ1n) is 5.62. The number of nitrogens with zero attached hydrogens (tertiary/aromatic N) is 3. The van der Waals surface area contributed by atoms with E-state index in [2.05, 4.69) is 10.0 Å². The van der Waals surface area contributed by atoms with Gasteiger partial charge in [0, 0.05) is 25.2 Å². The summed E-state index contributed by atoms with van der Waals surface area (Å²) in [5, 5.41) is 13.0. The number of esters is 2. The molecule has 0 aromatic rings. The van der Waals surface area contributed by atoms with Crippen LogP contribution >= 0.6 is 0 Å². The van der Waals surface area contributed by atoms with Crippen LogP contribution in [-0.4, -0.2) is 48.2 Å². The Balaban J connectivity index is 2.83. The maximum absolute atomic E-state index is 11.0. The van der Waals surface area contributed by atoms with Crippen LogP contribution in [0.5, 0.6) is 0 Å². The lowest BCUT2D eigenvalue weighted by molar-refractivity contribution is -0.225. The Hall–Kier alpha value is -1.83. The Morgan fingerprint density at radius 2 is 2.16 bits per heavy atom. The molecule has 1 rings (SSSR count). The van der Waals surface area contributed by atoms with Gasteiger partial charge in [0.25, 0.3) is 0 Å². The number of aliphatic hydroxyl groups is 1. The highest BCUT2D eigenvalue weighted by Crippen LogP contribution is 2.25. The Labute approximate surface area is 109 Å². The van der Waals surface area contributed by atoms with Crippen LogP contribution in [0.25, 0.3) is 10.4 Å². The van der Waals surface area contributed by atoms with Crippen molar-refractivity contribution in [1.82, 2.24) is 0 Å². The van der Waals surface area contributed by atoms with Crippen molar-refractivity contribution in [2.24, 2.45) is 5.11 Å². The number of hydrogen-bond donors (Lipinski definition) is 1. The summed E-state index contributed by atoms with van der Waals surface area (Å²) in [5.74, 6) is -1.12. The highest BCUT2D eigenvalue weighted by atomic mass is 16.6. The molecule has 0 radical (unpaired) electrons. The molecule has 19 heavy (non-hydrogen) atoms. The molecule has 0 aromatic carbocycles. The molecule has 0 spiro atoms. The maximum Gasteiger partial charge on any atom is 0.303 e. The molecule has 9 nitrogen and oxygen atoms in total. The number of carbonyl (C=O) groups excluding carboxylic acids is 2. The van der Waals surface area contributed by atoms with Gasteiger partial charge in [-0.3, -0.25) is 9.59 Å². The molecule has 1 fully saturated rings. The van der Waals surface area contributed by atoms with E-state index in [0.29, 0.717) is 0 Å². The van der Waals surface area contributed by atoms with Crippen LogP contribution in [0.2, 0.25) is 0 Å². The van der Waals surface area contributed by atoms with Gasteiger partial charge in [-0.15, -0.1) is 0 Å². The first kappa shape index (κ1) is 15.2. The third kappa shape index (κ3) is 4.74. The lowest BCUT2D eigenvalue weighted by Gasteiger charge is -2.37. The van der Waals surface area contributed by atoms with E-state index < -0.39 is 36.5 Å². The Morgan fingerprint density at radius 3 is 2.68 bits per heavy atom. The number of azide groups is 1. The maximum atomic E-state index is 11.0. The molecule has 1 N–H and O–H groups in total. The molecule has 0 amide bonds. The second-order valence-corrected chi connectivity index (χ2v) is 4.01. The van der Waals surface area contributed by atoms with E-state index in [1.807, 2.05) is 0 Å². The summed E-state index contributed by atoms with van der Waals surface area (Å²) >= 11 is 0. The van der Waals surface area contributed by atoms with Gasteiger partial charge < -0.3 is 19.3 Å². The molecule has 9 heteroatoms. The lowest BCUT2D eigenvalue weighted by Crippen LogP contribution is -2.51. The molecule has 0 saturated carbocycles. The van der Waals surface area contributed by atoms with Crippen LogP contribution in [0.1, 0.15) is 20.3 Å². The summed E-state index contributed by atoms with van der Waals surface area (Å²) in [6.45, 7) is 2.20. The third-order valence-corrected chi connectivity index (χ3v) is 2.47. The highest BCUT2D eigenvalue weighted by molar-refractivity contribution is 5.66. The van der Waals surface area contributed by atoms with Gasteiger partial charge in [0.05, 0.1) is 6.04 Å². The van der Waals surface area contributed by atoms with Crippen molar-refractivity contribution >= 4 is 11.9 Å². The fourth-order valence-corrected chi connectivity index (χ4v) is 1.78. The van der Waals surface area contributed by atoms with Gasteiger partial charge in [-0.05, 0) is 5.53 Å². The van der Waals surface area contributed by atoms with Crippen molar-refractivity contribution in [1.29, 1.82) is 0 Å². The highest BCUT2D eigenvalue weighted by Gasteiger charge is 2.40. The second-order valence-electron chi connectivity index (χ2n) is 4.01. The molecule has 0 bridgehead atoms. The van der Waals surface area contributed by atoms with Crippen LogP contribution in [0.3, 0.4) is 0 Å². The van der Waals surface area contributed by atoms with Gasteiger partial charge in [-0.1, -0.05) is 5.11 Å². The van der Waals surface area contributed by atoms with Crippen molar-refractivity contribution < 1.29 is 28.9 Å². The SMILES string of the molecule is CC(=O)OC[C@H]1OC(O)CC(N=[N+]=[N-])[C@@H]1OC(C)=O. The normalized spacial score (nSPS) is 30.1. The summed E-state index contributed by atoms with van der Waals surface area (Å²) in [7, 11) is 0. The Bertz CT molecular complexity index is 395. The number of hydrogen-bond acceptors (Lipinski definition) is 7. The van der Waals surface area contributed by atoms with E-state index >= 15 is 0 Å². The molecular formula is C10H15N3O6. The van der Waals surface area contributed by atoms with Crippen molar-refractivity contribution in [3.8, 4) is 0 Å². The van der Waals surface area contributed by atoms with Gasteiger partial charge in [0.15, 0.2) is 6.29 Å². The monoisotopic (exact) mass is 273 g/mol. The van der Waals surface area contributed by atoms with E-state index in [9.17, 15) is 14.7 Å². The Morgan fingerprint density at radius 1 is 1.47 bits per heavy atom. The van der Waals surface area contributed by atoms with Crippen LogP contribution in [0.4, 0.5) is 0 Å². The molecule has 2 unspecified atom stereocenters. The molecule has 1 heterocycles. The molecule has 0 aliphatic carbocycles. The number of carbonyl (C=O) groups is 2. The van der Waals surface area contributed by atoms with Crippen molar-refractivity contribution in [2.45, 2.75) is 44.8 Å². The standard InChI is InChI=1S/C10H15N3O6/c1-5(14)17-4-8-10(18-6(2)15)7(12-13-11)3-9(16)19-8/h7-10,16H,3-4H2,1-2H3/t7?,8-,9?,10+/m1/s1. The molecule has 1 aliphatic heterocycles. The van der Waals surface area contributed by atoms with Gasteiger partial charge in [-0.25, -0.2) is 0 Å². The lowest BCUT2D eigenvalue weighted by atomic mass is 9.99. The molecule has 1 aliphatic rings. The average Bonchev–Trinajstić information content (AvgIpc) is 2.30. The fraction of sp³-hybridized carbons (Fsp3) is 0.800. The fourth-order valence-electron chi connectivity index (χ4n) is 1.78.